The summed E-state index contributed by atoms with van der Waals surface area (Å²) in [6.45, 7) is 3.84. The molecule has 0 spiro atoms. The zero-order valence-corrected chi connectivity index (χ0v) is 12.5. The maximum atomic E-state index is 9.81. The average Bonchev–Trinajstić information content (AvgIpc) is 2.48. The van der Waals surface area contributed by atoms with E-state index in [2.05, 4.69) is 4.98 Å². The number of nitrogens with zero attached hydrogens (tertiary/aromatic N) is 1. The number of phenolic OH excluding ortho intramolecular Hbond substituents is 2. The van der Waals surface area contributed by atoms with Crippen molar-refractivity contribution < 1.29 is 10.2 Å². The molecule has 2 rings (SSSR count). The number of phenols is 2. The third-order valence-corrected chi connectivity index (χ3v) is 3.85. The van der Waals surface area contributed by atoms with Crippen LogP contribution < -0.4 is 10.9 Å². The molecule has 8 radical (unpaired) electrons. The van der Waals surface area contributed by atoms with Crippen LogP contribution in [0.25, 0.3) is 11.3 Å². The van der Waals surface area contributed by atoms with Crippen LogP contribution in [-0.2, 0) is 5.21 Å². The first-order valence-corrected chi connectivity index (χ1v) is 6.80. The predicted octanol–water partition coefficient (Wildman–Crippen LogP) is -0.107. The minimum atomic E-state index is -0.998. The summed E-state index contributed by atoms with van der Waals surface area (Å²) in [7, 11) is 23.5. The molecule has 0 aliphatic heterocycles. The molecule has 0 amide bonds. The third kappa shape index (κ3) is 2.77. The first kappa shape index (κ1) is 16.6. The topological polar surface area (TPSA) is 53.4 Å². The molecule has 1 aromatic heterocycles. The monoisotopic (exact) mass is 283 g/mol. The van der Waals surface area contributed by atoms with Gasteiger partial charge in [0.05, 0.1) is 21.4 Å². The molecular weight excluding hydrogens is 269 g/mol. The van der Waals surface area contributed by atoms with Gasteiger partial charge in [-0.05, 0) is 28.6 Å². The third-order valence-electron chi connectivity index (χ3n) is 3.85. The largest absolute Gasteiger partial charge is 0.509 e. The minimum absolute atomic E-state index is 0.0230. The van der Waals surface area contributed by atoms with Crippen molar-refractivity contribution in [3.05, 3.63) is 30.0 Å². The van der Waals surface area contributed by atoms with Crippen LogP contribution in [0.15, 0.2) is 24.4 Å². The van der Waals surface area contributed by atoms with E-state index in [0.29, 0.717) is 16.8 Å². The van der Waals surface area contributed by atoms with Gasteiger partial charge in [-0.15, -0.1) is 0 Å². The van der Waals surface area contributed by atoms with Crippen LogP contribution in [0.4, 0.5) is 0 Å². The van der Waals surface area contributed by atoms with Gasteiger partial charge < -0.3 is 10.2 Å². The van der Waals surface area contributed by atoms with Crippen LogP contribution in [0, 0.1) is 5.92 Å². The van der Waals surface area contributed by atoms with Gasteiger partial charge in [0.2, 0.25) is 0 Å². The maximum Gasteiger partial charge on any atom is 0.124 e. The Bertz CT molecular complexity index is 700. The Labute approximate surface area is 135 Å². The summed E-state index contributed by atoms with van der Waals surface area (Å²) in [5.41, 5.74) is 1.40. The lowest BCUT2D eigenvalue weighted by Gasteiger charge is -2.30. The number of hydrogen-bond donors (Lipinski definition) is 2. The zero-order chi connectivity index (χ0) is 16.7. The van der Waals surface area contributed by atoms with E-state index in [1.54, 1.807) is 18.3 Å². The molecule has 0 bridgehead atoms. The van der Waals surface area contributed by atoms with Crippen LogP contribution in [-0.4, -0.2) is 46.6 Å². The van der Waals surface area contributed by atoms with Gasteiger partial charge in [-0.1, -0.05) is 31.0 Å². The molecule has 2 N–H and O–H groups in total. The fraction of sp³-hybridized carbons (Fsp3) is 0.267. The summed E-state index contributed by atoms with van der Waals surface area (Å²) < 4.78 is 0. The molecule has 0 saturated carbocycles. The second kappa shape index (κ2) is 5.79. The standard InChI is InChI=1S/C15H13B4NO2/c1-7(2)15(18,19)8-3-4-10(20-6-8)9-5-11(21)13(17)14(22)12(9)16/h3-7,21-22H,1-2H3. The lowest BCUT2D eigenvalue weighted by molar-refractivity contribution is 0.461. The van der Waals surface area contributed by atoms with Gasteiger partial charge in [0.25, 0.3) is 0 Å². The highest BCUT2D eigenvalue weighted by molar-refractivity contribution is 6.44. The number of rotatable bonds is 3. The van der Waals surface area contributed by atoms with Crippen molar-refractivity contribution in [1.29, 1.82) is 0 Å². The quantitative estimate of drug-likeness (QED) is 0.773. The Morgan fingerprint density at radius 2 is 1.73 bits per heavy atom. The van der Waals surface area contributed by atoms with Crippen LogP contribution in [0.5, 0.6) is 11.5 Å². The van der Waals surface area contributed by atoms with E-state index in [0.717, 1.165) is 0 Å². The highest BCUT2D eigenvalue weighted by Crippen LogP contribution is 2.27. The lowest BCUT2D eigenvalue weighted by Crippen LogP contribution is -2.33. The predicted molar refractivity (Wildman–Crippen MR) is 91.8 cm³/mol. The molecule has 0 saturated heterocycles. The Balaban J connectivity index is 2.49. The Morgan fingerprint density at radius 3 is 2.23 bits per heavy atom. The smallest absolute Gasteiger partial charge is 0.124 e. The summed E-state index contributed by atoms with van der Waals surface area (Å²) in [5.74, 6) is -0.605. The lowest BCUT2D eigenvalue weighted by atomic mass is 9.46. The van der Waals surface area contributed by atoms with Crippen LogP contribution in [0.1, 0.15) is 19.4 Å². The molecule has 0 fully saturated rings. The summed E-state index contributed by atoms with van der Waals surface area (Å²) in [6.07, 6.45) is 1.55. The van der Waals surface area contributed by atoms with Crippen molar-refractivity contribution in [3.63, 3.8) is 0 Å². The van der Waals surface area contributed by atoms with Crippen LogP contribution in [0.3, 0.4) is 0 Å². The first-order valence-electron chi connectivity index (χ1n) is 6.80. The summed E-state index contributed by atoms with van der Waals surface area (Å²) in [4.78, 5) is 4.27. The van der Waals surface area contributed by atoms with Gasteiger partial charge in [-0.3, -0.25) is 4.98 Å². The van der Waals surface area contributed by atoms with E-state index < -0.39 is 5.21 Å². The van der Waals surface area contributed by atoms with E-state index in [1.807, 2.05) is 13.8 Å². The van der Waals surface area contributed by atoms with Gasteiger partial charge >= 0.3 is 0 Å². The second-order valence-corrected chi connectivity index (χ2v) is 5.64. The summed E-state index contributed by atoms with van der Waals surface area (Å²) in [6, 6.07) is 4.77. The second-order valence-electron chi connectivity index (χ2n) is 5.64. The zero-order valence-electron chi connectivity index (χ0n) is 12.5. The molecule has 7 heteroatoms. The van der Waals surface area contributed by atoms with Gasteiger partial charge in [0, 0.05) is 11.8 Å². The van der Waals surface area contributed by atoms with Crippen LogP contribution in [0.2, 0.25) is 0 Å². The molecule has 0 unspecified atom stereocenters. The van der Waals surface area contributed by atoms with E-state index >= 15 is 0 Å². The Hall–Kier alpha value is -1.77. The van der Waals surface area contributed by atoms with Gasteiger partial charge in [-0.2, -0.15) is 0 Å². The van der Waals surface area contributed by atoms with Crippen molar-refractivity contribution in [2.24, 2.45) is 5.92 Å². The molecule has 3 nitrogen and oxygen atoms in total. The molecule has 1 heterocycles. The molecule has 2 aromatic rings. The van der Waals surface area contributed by atoms with Gasteiger partial charge in [0.15, 0.2) is 0 Å². The highest BCUT2D eigenvalue weighted by Gasteiger charge is 2.24. The van der Waals surface area contributed by atoms with Gasteiger partial charge in [0.1, 0.15) is 27.2 Å². The van der Waals surface area contributed by atoms with Gasteiger partial charge in [-0.25, -0.2) is 0 Å². The highest BCUT2D eigenvalue weighted by atomic mass is 16.3. The summed E-state index contributed by atoms with van der Waals surface area (Å²) >= 11 is 0. The van der Waals surface area contributed by atoms with E-state index in [4.69, 9.17) is 31.4 Å². The van der Waals surface area contributed by atoms with E-state index in [1.165, 1.54) is 6.07 Å². The number of benzene rings is 1. The summed E-state index contributed by atoms with van der Waals surface area (Å²) in [5, 5.41) is 18.5. The maximum absolute atomic E-state index is 9.81. The van der Waals surface area contributed by atoms with Crippen molar-refractivity contribution >= 4 is 42.3 Å². The van der Waals surface area contributed by atoms with Crippen LogP contribution >= 0.6 is 0 Å². The van der Waals surface area contributed by atoms with E-state index in [9.17, 15) is 10.2 Å². The number of aromatic nitrogens is 1. The Morgan fingerprint density at radius 1 is 1.09 bits per heavy atom. The molecule has 0 atom stereocenters. The first-order chi connectivity index (χ1) is 10.2. The van der Waals surface area contributed by atoms with Crippen molar-refractivity contribution in [2.45, 2.75) is 19.1 Å². The number of aromatic hydroxyl groups is 2. The van der Waals surface area contributed by atoms with Crippen molar-refractivity contribution in [2.75, 3.05) is 0 Å². The molecule has 0 aliphatic rings. The average molecular weight is 283 g/mol. The molecule has 0 aliphatic carbocycles. The fourth-order valence-electron chi connectivity index (χ4n) is 2.04. The molecule has 1 aromatic carbocycles. The number of pyridine rings is 1. The fourth-order valence-corrected chi connectivity index (χ4v) is 2.04. The minimum Gasteiger partial charge on any atom is -0.509 e. The van der Waals surface area contributed by atoms with Crippen molar-refractivity contribution in [3.8, 4) is 22.8 Å². The van der Waals surface area contributed by atoms with Crippen molar-refractivity contribution in [1.82, 2.24) is 4.98 Å². The Kier molecular flexibility index (Phi) is 4.37. The molecule has 102 valence electrons. The SMILES string of the molecule is [B]c1c(O)cc(-c2ccc(C([B])([B])C(C)C)cn2)c([B])c1O. The number of hydrogen-bond acceptors (Lipinski definition) is 3. The molecule has 22 heavy (non-hydrogen) atoms. The van der Waals surface area contributed by atoms with E-state index in [-0.39, 0.29) is 28.3 Å². The normalized spacial score (nSPS) is 11.8. The molecular formula is C15H13B4NO2.